The smallest absolute Gasteiger partial charge is 0.425 e. The van der Waals surface area contributed by atoms with Crippen molar-refractivity contribution in [3.63, 3.8) is 0 Å². The molecule has 0 atom stereocenters. The normalized spacial score (nSPS) is 9.86. The zero-order chi connectivity index (χ0) is 10.8. The van der Waals surface area contributed by atoms with Crippen molar-refractivity contribution in [2.24, 2.45) is 0 Å². The second-order valence-electron chi connectivity index (χ2n) is 2.14. The average Bonchev–Trinajstić information content (AvgIpc) is 2.17. The van der Waals surface area contributed by atoms with Crippen molar-refractivity contribution in [1.82, 2.24) is 10.8 Å². The number of hydrogen-bond donors (Lipinski definition) is 2. The molecule has 1 amide bonds. The van der Waals surface area contributed by atoms with Crippen molar-refractivity contribution < 1.29 is 19.2 Å². The third kappa shape index (κ3) is 7.11. The number of ether oxygens (including phenoxy) is 1. The maximum atomic E-state index is 10.7. The van der Waals surface area contributed by atoms with Gasteiger partial charge in [-0.3, -0.25) is 0 Å². The molecule has 0 saturated carbocycles. The van der Waals surface area contributed by atoms with Gasteiger partial charge in [-0.2, -0.15) is 0 Å². The fraction of sp³-hybridized carbons (Fsp3) is 0.500. The Balaban J connectivity index is 3.44. The van der Waals surface area contributed by atoms with Crippen LogP contribution in [0.2, 0.25) is 0 Å². The van der Waals surface area contributed by atoms with Crippen LogP contribution in [-0.4, -0.2) is 32.3 Å². The van der Waals surface area contributed by atoms with Crippen molar-refractivity contribution in [3.8, 4) is 0 Å². The molecule has 0 rings (SSSR count). The lowest BCUT2D eigenvalue weighted by Crippen LogP contribution is -2.27. The first-order valence-corrected chi connectivity index (χ1v) is 4.15. The summed E-state index contributed by atoms with van der Waals surface area (Å²) in [5.74, 6) is -0.422. The van der Waals surface area contributed by atoms with Gasteiger partial charge in [0.15, 0.2) is 0 Å². The van der Waals surface area contributed by atoms with Crippen LogP contribution in [0.15, 0.2) is 12.2 Å². The predicted octanol–water partition coefficient (Wildman–Crippen LogP) is -0.0337. The highest BCUT2D eigenvalue weighted by molar-refractivity contribution is 5.81. The third-order valence-corrected chi connectivity index (χ3v) is 1.11. The van der Waals surface area contributed by atoms with E-state index in [2.05, 4.69) is 20.4 Å². The van der Waals surface area contributed by atoms with Crippen LogP contribution in [0.1, 0.15) is 6.92 Å². The summed E-state index contributed by atoms with van der Waals surface area (Å²) in [6, 6.07) is 0. The zero-order valence-corrected chi connectivity index (χ0v) is 8.20. The van der Waals surface area contributed by atoms with E-state index in [1.165, 1.54) is 19.2 Å². The Morgan fingerprint density at radius 3 is 2.71 bits per heavy atom. The average molecular weight is 202 g/mol. The van der Waals surface area contributed by atoms with Crippen LogP contribution in [-0.2, 0) is 14.4 Å². The highest BCUT2D eigenvalue weighted by Crippen LogP contribution is 1.80. The number of nitrogens with one attached hydrogen (secondary N) is 2. The van der Waals surface area contributed by atoms with Crippen LogP contribution in [0.5, 0.6) is 0 Å². The topological polar surface area (TPSA) is 76.7 Å². The molecule has 0 aliphatic carbocycles. The van der Waals surface area contributed by atoms with Gasteiger partial charge in [0.1, 0.15) is 0 Å². The number of rotatable bonds is 5. The Kier molecular flexibility index (Phi) is 7.16. The second kappa shape index (κ2) is 8.06. The van der Waals surface area contributed by atoms with Gasteiger partial charge in [0.2, 0.25) is 0 Å². The molecule has 0 bridgehead atoms. The molecule has 0 radical (unpaired) electrons. The first kappa shape index (κ1) is 12.4. The third-order valence-electron chi connectivity index (χ3n) is 1.11. The fourth-order valence-corrected chi connectivity index (χ4v) is 0.552. The molecule has 0 aromatic carbocycles. The Labute approximate surface area is 82.2 Å². The monoisotopic (exact) mass is 202 g/mol. The van der Waals surface area contributed by atoms with Gasteiger partial charge < -0.3 is 14.9 Å². The summed E-state index contributed by atoms with van der Waals surface area (Å²) in [4.78, 5) is 25.7. The lowest BCUT2D eigenvalue weighted by atomic mass is 10.5. The number of carbonyl (C=O) groups excluding carboxylic acids is 2. The van der Waals surface area contributed by atoms with E-state index in [-0.39, 0.29) is 6.54 Å². The molecule has 0 saturated heterocycles. The molecular formula is C8H14N2O4. The molecule has 0 spiro atoms. The minimum Gasteiger partial charge on any atom is -0.463 e. The molecule has 14 heavy (non-hydrogen) atoms. The van der Waals surface area contributed by atoms with Crippen LogP contribution in [0.25, 0.3) is 0 Å². The van der Waals surface area contributed by atoms with E-state index in [0.717, 1.165) is 0 Å². The molecule has 0 heterocycles. The summed E-state index contributed by atoms with van der Waals surface area (Å²) in [5, 5.41) is 2.25. The number of hydrogen-bond acceptors (Lipinski definition) is 5. The van der Waals surface area contributed by atoms with Crippen LogP contribution in [0.4, 0.5) is 4.79 Å². The van der Waals surface area contributed by atoms with Crippen LogP contribution >= 0.6 is 0 Å². The van der Waals surface area contributed by atoms with E-state index in [0.29, 0.717) is 6.61 Å². The van der Waals surface area contributed by atoms with Crippen LogP contribution in [0, 0.1) is 0 Å². The van der Waals surface area contributed by atoms with Gasteiger partial charge >= 0.3 is 12.1 Å². The van der Waals surface area contributed by atoms with E-state index < -0.39 is 12.1 Å². The van der Waals surface area contributed by atoms with E-state index in [1.807, 2.05) is 0 Å². The quantitative estimate of drug-likeness (QED) is 0.283. The molecule has 0 unspecified atom stereocenters. The molecule has 0 aliphatic heterocycles. The molecule has 0 aliphatic rings. The van der Waals surface area contributed by atoms with Crippen molar-refractivity contribution in [1.29, 1.82) is 0 Å². The Bertz CT molecular complexity index is 215. The molecule has 6 nitrogen and oxygen atoms in total. The molecule has 6 heteroatoms. The van der Waals surface area contributed by atoms with Gasteiger partial charge in [0.25, 0.3) is 0 Å². The molecular weight excluding hydrogens is 188 g/mol. The molecule has 0 aromatic rings. The second-order valence-corrected chi connectivity index (χ2v) is 2.14. The van der Waals surface area contributed by atoms with Crippen molar-refractivity contribution in [2.75, 3.05) is 20.2 Å². The first-order valence-electron chi connectivity index (χ1n) is 4.15. The molecule has 80 valence electrons. The van der Waals surface area contributed by atoms with Gasteiger partial charge in [0, 0.05) is 13.1 Å². The van der Waals surface area contributed by atoms with E-state index in [9.17, 15) is 9.59 Å². The standard InChI is InChI=1S/C8H14N2O4/c1-3-13-7(11)5-4-6-10-14-8(12)9-2/h4-5,10H,3,6H2,1-2H3,(H,9,12)/b5-4+. The zero-order valence-electron chi connectivity index (χ0n) is 8.20. The summed E-state index contributed by atoms with van der Waals surface area (Å²) >= 11 is 0. The number of esters is 1. The van der Waals surface area contributed by atoms with Gasteiger partial charge in [0.05, 0.1) is 13.2 Å². The number of amides is 1. The van der Waals surface area contributed by atoms with E-state index >= 15 is 0 Å². The summed E-state index contributed by atoms with van der Waals surface area (Å²) in [7, 11) is 1.44. The molecule has 2 N–H and O–H groups in total. The van der Waals surface area contributed by atoms with Crippen LogP contribution in [0.3, 0.4) is 0 Å². The van der Waals surface area contributed by atoms with Gasteiger partial charge in [-0.05, 0) is 6.92 Å². The van der Waals surface area contributed by atoms with Crippen molar-refractivity contribution >= 4 is 12.1 Å². The fourth-order valence-electron chi connectivity index (χ4n) is 0.552. The van der Waals surface area contributed by atoms with Gasteiger partial charge in [-0.1, -0.05) is 6.08 Å². The Morgan fingerprint density at radius 2 is 2.14 bits per heavy atom. The van der Waals surface area contributed by atoms with Gasteiger partial charge in [-0.15, -0.1) is 5.48 Å². The summed E-state index contributed by atoms with van der Waals surface area (Å²) < 4.78 is 4.62. The lowest BCUT2D eigenvalue weighted by Gasteiger charge is -2.01. The minimum atomic E-state index is -0.588. The molecule has 0 fully saturated rings. The van der Waals surface area contributed by atoms with Crippen molar-refractivity contribution in [3.05, 3.63) is 12.2 Å². The van der Waals surface area contributed by atoms with E-state index in [1.54, 1.807) is 6.92 Å². The van der Waals surface area contributed by atoms with Gasteiger partial charge in [-0.25, -0.2) is 9.59 Å². The van der Waals surface area contributed by atoms with E-state index in [4.69, 9.17) is 0 Å². The Hall–Kier alpha value is -1.56. The highest BCUT2D eigenvalue weighted by atomic mass is 16.7. The SMILES string of the molecule is CCOC(=O)/C=C/CNOC(=O)NC. The lowest BCUT2D eigenvalue weighted by molar-refractivity contribution is -0.137. The largest absolute Gasteiger partial charge is 0.463 e. The number of carbonyl (C=O) groups is 2. The minimum absolute atomic E-state index is 0.242. The molecule has 0 aromatic heterocycles. The highest BCUT2D eigenvalue weighted by Gasteiger charge is 1.95. The summed E-state index contributed by atoms with van der Waals surface area (Å²) in [6.45, 7) is 2.30. The van der Waals surface area contributed by atoms with Crippen molar-refractivity contribution in [2.45, 2.75) is 6.92 Å². The maximum absolute atomic E-state index is 10.7. The first-order chi connectivity index (χ1) is 6.70. The maximum Gasteiger partial charge on any atom is 0.425 e. The van der Waals surface area contributed by atoms with Crippen LogP contribution < -0.4 is 10.8 Å². The number of hydroxylamine groups is 1. The Morgan fingerprint density at radius 1 is 1.43 bits per heavy atom. The predicted molar refractivity (Wildman–Crippen MR) is 49.3 cm³/mol. The summed E-state index contributed by atoms with van der Waals surface area (Å²) in [5.41, 5.74) is 2.33. The summed E-state index contributed by atoms with van der Waals surface area (Å²) in [6.07, 6.45) is 2.15.